The Morgan fingerprint density at radius 2 is 0.909 bits per heavy atom. The van der Waals surface area contributed by atoms with Gasteiger partial charge < -0.3 is 4.52 Å². The van der Waals surface area contributed by atoms with Gasteiger partial charge in [-0.2, -0.15) is 0 Å². The minimum atomic E-state index is -2.25. The number of hydrogen-bond donors (Lipinski definition) is 0. The van der Waals surface area contributed by atoms with Crippen LogP contribution in [0.15, 0.2) is 0 Å². The molecule has 2 nitrogen and oxygen atoms in total. The highest BCUT2D eigenvalue weighted by Gasteiger charge is 2.05. The van der Waals surface area contributed by atoms with E-state index in [1.165, 1.54) is 89.9 Å². The molecule has 0 fully saturated rings. The van der Waals surface area contributed by atoms with Crippen molar-refractivity contribution in [2.24, 2.45) is 0 Å². The van der Waals surface area contributed by atoms with E-state index in [1.54, 1.807) is 13.3 Å². The van der Waals surface area contributed by atoms with Gasteiger partial charge in [0.2, 0.25) is 0 Å². The predicted octanol–water partition coefficient (Wildman–Crippen LogP) is 7.41. The van der Waals surface area contributed by atoms with E-state index in [4.69, 9.17) is 4.52 Å². The van der Waals surface area contributed by atoms with E-state index in [0.717, 1.165) is 6.42 Å². The zero-order valence-corrected chi connectivity index (χ0v) is 16.5. The third kappa shape index (κ3) is 20.2. The van der Waals surface area contributed by atoms with Crippen LogP contribution in [0.2, 0.25) is 0 Å². The van der Waals surface area contributed by atoms with E-state index in [9.17, 15) is 4.57 Å². The second-order valence-electron chi connectivity index (χ2n) is 7.04. The van der Waals surface area contributed by atoms with Crippen LogP contribution < -0.4 is 0 Å². The summed E-state index contributed by atoms with van der Waals surface area (Å²) >= 11 is 0. The van der Waals surface area contributed by atoms with Gasteiger partial charge in [-0.3, -0.25) is 4.57 Å². The summed E-state index contributed by atoms with van der Waals surface area (Å²) < 4.78 is 16.6. The lowest BCUT2D eigenvalue weighted by molar-refractivity contribution is 0.308. The van der Waals surface area contributed by atoms with Crippen LogP contribution in [0.3, 0.4) is 0 Å². The van der Waals surface area contributed by atoms with E-state index < -0.39 is 7.37 Å². The zero-order valence-electron chi connectivity index (χ0n) is 15.6. The Kier molecular flexibility index (Phi) is 16.2. The van der Waals surface area contributed by atoms with Crippen molar-refractivity contribution in [3.63, 3.8) is 0 Å². The first-order valence-electron chi connectivity index (χ1n) is 9.76. The summed E-state index contributed by atoms with van der Waals surface area (Å²) in [6.07, 6.45) is 20.6. The molecule has 0 amide bonds. The summed E-state index contributed by atoms with van der Waals surface area (Å²) in [5, 5.41) is 0. The van der Waals surface area contributed by atoms with Gasteiger partial charge in [-0.15, -0.1) is 0 Å². The van der Waals surface area contributed by atoms with Crippen LogP contribution in [0.1, 0.15) is 103 Å². The molecule has 0 saturated carbocycles. The summed E-state index contributed by atoms with van der Waals surface area (Å²) in [6, 6.07) is 0. The van der Waals surface area contributed by atoms with E-state index >= 15 is 0 Å². The van der Waals surface area contributed by atoms with Crippen LogP contribution in [0.25, 0.3) is 0 Å². The fraction of sp³-hybridized carbons (Fsp3) is 1.00. The molecule has 0 heterocycles. The summed E-state index contributed by atoms with van der Waals surface area (Å²) in [5.74, 6) is 0. The molecule has 0 bridgehead atoms. The molecule has 0 aromatic carbocycles. The molecule has 0 aliphatic rings. The van der Waals surface area contributed by atoms with Gasteiger partial charge in [-0.1, -0.05) is 96.8 Å². The summed E-state index contributed by atoms with van der Waals surface area (Å²) in [6.45, 7) is 6.33. The van der Waals surface area contributed by atoms with Gasteiger partial charge in [0.15, 0.2) is 7.37 Å². The highest BCUT2D eigenvalue weighted by molar-refractivity contribution is 7.57. The molecular weight excluding hydrogens is 291 g/mol. The standard InChI is InChI=1S/C19H41O2P/c1-4-5-6-7-8-9-10-11-12-13-14-15-16-17-18-19-21-22(2,3)20/h4-19H2,1-3H3. The van der Waals surface area contributed by atoms with Crippen molar-refractivity contribution in [2.45, 2.75) is 103 Å². The van der Waals surface area contributed by atoms with Gasteiger partial charge in [0.25, 0.3) is 0 Å². The molecule has 0 saturated heterocycles. The van der Waals surface area contributed by atoms with Gasteiger partial charge in [-0.25, -0.2) is 0 Å². The maximum absolute atomic E-state index is 11.3. The fourth-order valence-corrected chi connectivity index (χ4v) is 3.33. The normalized spacial score (nSPS) is 12.0. The Hall–Kier alpha value is 0.190. The molecule has 0 atom stereocenters. The SMILES string of the molecule is CCCCCCCCCCCCCCCCCOP(C)(C)=O. The Bertz CT molecular complexity index is 260. The van der Waals surface area contributed by atoms with E-state index in [1.807, 2.05) is 0 Å². The second kappa shape index (κ2) is 16.1. The first-order chi connectivity index (χ1) is 10.6. The van der Waals surface area contributed by atoms with Crippen molar-refractivity contribution in [3.05, 3.63) is 0 Å². The Labute approximate surface area is 140 Å². The minimum Gasteiger partial charge on any atom is -0.329 e. The van der Waals surface area contributed by atoms with E-state index in [0.29, 0.717) is 6.61 Å². The highest BCUT2D eigenvalue weighted by atomic mass is 31.2. The summed E-state index contributed by atoms with van der Waals surface area (Å²) in [5.41, 5.74) is 0. The van der Waals surface area contributed by atoms with Gasteiger partial charge in [-0.05, 0) is 6.42 Å². The van der Waals surface area contributed by atoms with Gasteiger partial charge >= 0.3 is 0 Å². The third-order valence-corrected chi connectivity index (χ3v) is 4.95. The second-order valence-corrected chi connectivity index (χ2v) is 9.80. The van der Waals surface area contributed by atoms with Crippen molar-refractivity contribution in [1.29, 1.82) is 0 Å². The number of unbranched alkanes of at least 4 members (excludes halogenated alkanes) is 14. The molecule has 0 radical (unpaired) electrons. The molecule has 0 aliphatic carbocycles. The van der Waals surface area contributed by atoms with Crippen molar-refractivity contribution < 1.29 is 9.09 Å². The lowest BCUT2D eigenvalue weighted by Gasteiger charge is -2.07. The average molecular weight is 333 g/mol. The average Bonchev–Trinajstić information content (AvgIpc) is 2.45. The highest BCUT2D eigenvalue weighted by Crippen LogP contribution is 2.37. The molecule has 0 N–H and O–H groups in total. The van der Waals surface area contributed by atoms with E-state index in [2.05, 4.69) is 6.92 Å². The van der Waals surface area contributed by atoms with E-state index in [-0.39, 0.29) is 0 Å². The summed E-state index contributed by atoms with van der Waals surface area (Å²) in [7, 11) is -2.25. The lowest BCUT2D eigenvalue weighted by atomic mass is 10.0. The van der Waals surface area contributed by atoms with Crippen LogP contribution in [0, 0.1) is 0 Å². The Morgan fingerprint density at radius 1 is 0.591 bits per heavy atom. The monoisotopic (exact) mass is 332 g/mol. The molecule has 134 valence electrons. The first kappa shape index (κ1) is 22.2. The molecular formula is C19H41O2P. The molecule has 0 aromatic rings. The molecule has 0 spiro atoms. The van der Waals surface area contributed by atoms with Crippen LogP contribution in [0.4, 0.5) is 0 Å². The fourth-order valence-electron chi connectivity index (χ4n) is 2.76. The van der Waals surface area contributed by atoms with Crippen molar-refractivity contribution >= 4 is 7.37 Å². The molecule has 3 heteroatoms. The zero-order chi connectivity index (χ0) is 16.5. The van der Waals surface area contributed by atoms with Crippen molar-refractivity contribution in [1.82, 2.24) is 0 Å². The topological polar surface area (TPSA) is 26.3 Å². The smallest absolute Gasteiger partial charge is 0.197 e. The lowest BCUT2D eigenvalue weighted by Crippen LogP contribution is -1.91. The molecule has 22 heavy (non-hydrogen) atoms. The van der Waals surface area contributed by atoms with Gasteiger partial charge in [0, 0.05) is 13.3 Å². The summed E-state index contributed by atoms with van der Waals surface area (Å²) in [4.78, 5) is 0. The maximum atomic E-state index is 11.3. The molecule has 0 rings (SSSR count). The number of rotatable bonds is 17. The van der Waals surface area contributed by atoms with Crippen molar-refractivity contribution in [3.8, 4) is 0 Å². The van der Waals surface area contributed by atoms with Gasteiger partial charge in [0.05, 0.1) is 6.61 Å². The van der Waals surface area contributed by atoms with Gasteiger partial charge in [0.1, 0.15) is 0 Å². The largest absolute Gasteiger partial charge is 0.329 e. The predicted molar refractivity (Wildman–Crippen MR) is 100 cm³/mol. The molecule has 0 aromatic heterocycles. The minimum absolute atomic E-state index is 0.669. The molecule has 0 aliphatic heterocycles. The quantitative estimate of drug-likeness (QED) is 0.205. The third-order valence-electron chi connectivity index (χ3n) is 4.15. The van der Waals surface area contributed by atoms with Crippen LogP contribution in [-0.2, 0) is 9.09 Å². The number of hydrogen-bond acceptors (Lipinski definition) is 2. The first-order valence-corrected chi connectivity index (χ1v) is 12.3. The maximum Gasteiger partial charge on any atom is 0.197 e. The van der Waals surface area contributed by atoms with Crippen LogP contribution in [0.5, 0.6) is 0 Å². The Morgan fingerprint density at radius 3 is 1.23 bits per heavy atom. The Balaban J connectivity index is 3.01. The van der Waals surface area contributed by atoms with Crippen LogP contribution >= 0.6 is 7.37 Å². The van der Waals surface area contributed by atoms with Crippen molar-refractivity contribution in [2.75, 3.05) is 19.9 Å². The van der Waals surface area contributed by atoms with Crippen LogP contribution in [-0.4, -0.2) is 19.9 Å². The molecule has 0 unspecified atom stereocenters.